The fraction of sp³-hybridized carbons (Fsp3) is 0.111. The van der Waals surface area contributed by atoms with Crippen molar-refractivity contribution < 1.29 is 23.5 Å². The lowest BCUT2D eigenvalue weighted by Gasteiger charge is -2.07. The molecule has 0 atom stereocenters. The molecule has 2 rings (SSSR count). The Hall–Kier alpha value is -2.67. The maximum Gasteiger partial charge on any atom is 0.331 e. The quantitative estimate of drug-likeness (QED) is 0.584. The van der Waals surface area contributed by atoms with E-state index in [2.05, 4.69) is 21.2 Å². The number of carbonyl (C=O) groups is 2. The van der Waals surface area contributed by atoms with Gasteiger partial charge in [0.2, 0.25) is 0 Å². The standard InChI is InChI=1S/C18H15BrFNO4/c1-24-15-4-2-3-14(10-15)21-17(22)11-25-18(23)8-5-12-9-13(19)6-7-16(12)20/h2-10H,11H2,1H3,(H,21,22)/b8-5+. The second kappa shape index (κ2) is 8.98. The molecule has 0 aliphatic rings. The minimum Gasteiger partial charge on any atom is -0.497 e. The van der Waals surface area contributed by atoms with E-state index in [9.17, 15) is 14.0 Å². The lowest BCUT2D eigenvalue weighted by Crippen LogP contribution is -2.20. The maximum atomic E-state index is 13.5. The van der Waals surface area contributed by atoms with E-state index in [4.69, 9.17) is 9.47 Å². The van der Waals surface area contributed by atoms with Crippen molar-refractivity contribution in [1.29, 1.82) is 0 Å². The predicted molar refractivity (Wildman–Crippen MR) is 95.7 cm³/mol. The van der Waals surface area contributed by atoms with Gasteiger partial charge in [0.1, 0.15) is 11.6 Å². The lowest BCUT2D eigenvalue weighted by atomic mass is 10.2. The number of halogens is 2. The van der Waals surface area contributed by atoms with E-state index in [1.54, 1.807) is 30.3 Å². The van der Waals surface area contributed by atoms with Gasteiger partial charge in [-0.3, -0.25) is 4.79 Å². The van der Waals surface area contributed by atoms with Gasteiger partial charge in [0.15, 0.2) is 6.61 Å². The minimum absolute atomic E-state index is 0.229. The molecule has 0 saturated carbocycles. The highest BCUT2D eigenvalue weighted by molar-refractivity contribution is 9.10. The third-order valence-corrected chi connectivity index (χ3v) is 3.55. The number of anilines is 1. The first-order valence-electron chi connectivity index (χ1n) is 7.22. The summed E-state index contributed by atoms with van der Waals surface area (Å²) in [6.45, 7) is -0.457. The first kappa shape index (κ1) is 18.7. The summed E-state index contributed by atoms with van der Waals surface area (Å²) >= 11 is 3.22. The van der Waals surface area contributed by atoms with Crippen molar-refractivity contribution in [1.82, 2.24) is 0 Å². The molecule has 0 aliphatic carbocycles. The number of benzene rings is 2. The molecule has 25 heavy (non-hydrogen) atoms. The van der Waals surface area contributed by atoms with Gasteiger partial charge >= 0.3 is 5.97 Å². The van der Waals surface area contributed by atoms with Crippen LogP contribution in [-0.4, -0.2) is 25.6 Å². The van der Waals surface area contributed by atoms with E-state index in [1.165, 1.54) is 25.3 Å². The fourth-order valence-corrected chi connectivity index (χ4v) is 2.26. The lowest BCUT2D eigenvalue weighted by molar-refractivity contribution is -0.142. The van der Waals surface area contributed by atoms with Gasteiger partial charge in [-0.25, -0.2) is 9.18 Å². The van der Waals surface area contributed by atoms with E-state index in [-0.39, 0.29) is 5.56 Å². The number of nitrogens with one attached hydrogen (secondary N) is 1. The van der Waals surface area contributed by atoms with Gasteiger partial charge in [-0.1, -0.05) is 22.0 Å². The summed E-state index contributed by atoms with van der Waals surface area (Å²) in [5, 5.41) is 2.58. The molecule has 0 radical (unpaired) electrons. The molecule has 5 nitrogen and oxygen atoms in total. The molecule has 0 fully saturated rings. The molecule has 1 amide bonds. The topological polar surface area (TPSA) is 64.6 Å². The fourth-order valence-electron chi connectivity index (χ4n) is 1.88. The van der Waals surface area contributed by atoms with Crippen LogP contribution in [0.1, 0.15) is 5.56 Å². The van der Waals surface area contributed by atoms with Crippen molar-refractivity contribution in [2.75, 3.05) is 19.0 Å². The minimum atomic E-state index is -0.750. The molecule has 2 aromatic carbocycles. The van der Waals surface area contributed by atoms with Gasteiger partial charge in [-0.05, 0) is 36.4 Å². The zero-order valence-electron chi connectivity index (χ0n) is 13.3. The molecule has 0 unspecified atom stereocenters. The Morgan fingerprint density at radius 2 is 2.04 bits per heavy atom. The second-order valence-corrected chi connectivity index (χ2v) is 5.80. The van der Waals surface area contributed by atoms with Crippen LogP contribution in [0.5, 0.6) is 5.75 Å². The number of hydrogen-bond donors (Lipinski definition) is 1. The number of amides is 1. The molecule has 2 aromatic rings. The smallest absolute Gasteiger partial charge is 0.331 e. The van der Waals surface area contributed by atoms with E-state index in [0.29, 0.717) is 15.9 Å². The number of hydrogen-bond acceptors (Lipinski definition) is 4. The summed E-state index contributed by atoms with van der Waals surface area (Å²) in [5.74, 6) is -1.12. The number of carbonyl (C=O) groups excluding carboxylic acids is 2. The molecule has 0 aromatic heterocycles. The summed E-state index contributed by atoms with van der Waals surface area (Å²) < 4.78 is 24.1. The van der Waals surface area contributed by atoms with Crippen LogP contribution in [0.15, 0.2) is 53.0 Å². The number of esters is 1. The van der Waals surface area contributed by atoms with E-state index in [1.807, 2.05) is 0 Å². The summed E-state index contributed by atoms with van der Waals surface area (Å²) in [5.41, 5.74) is 0.749. The molecule has 1 N–H and O–H groups in total. The molecule has 0 saturated heterocycles. The van der Waals surface area contributed by atoms with Crippen LogP contribution in [0.2, 0.25) is 0 Å². The zero-order chi connectivity index (χ0) is 18.2. The van der Waals surface area contributed by atoms with Gasteiger partial charge in [0.25, 0.3) is 5.91 Å². The highest BCUT2D eigenvalue weighted by Gasteiger charge is 2.07. The highest BCUT2D eigenvalue weighted by atomic mass is 79.9. The molecular formula is C18H15BrFNO4. The maximum absolute atomic E-state index is 13.5. The summed E-state index contributed by atoms with van der Waals surface area (Å²) in [6.07, 6.45) is 2.34. The van der Waals surface area contributed by atoms with Crippen molar-refractivity contribution in [2.24, 2.45) is 0 Å². The van der Waals surface area contributed by atoms with Crippen LogP contribution in [-0.2, 0) is 14.3 Å². The van der Waals surface area contributed by atoms with Crippen molar-refractivity contribution in [3.8, 4) is 5.75 Å². The van der Waals surface area contributed by atoms with E-state index in [0.717, 1.165) is 6.08 Å². The Bertz CT molecular complexity index is 807. The second-order valence-electron chi connectivity index (χ2n) is 4.89. The van der Waals surface area contributed by atoms with Crippen molar-refractivity contribution >= 4 is 39.6 Å². The van der Waals surface area contributed by atoms with Crippen LogP contribution >= 0.6 is 15.9 Å². The first-order chi connectivity index (χ1) is 12.0. The van der Waals surface area contributed by atoms with Gasteiger partial charge in [-0.2, -0.15) is 0 Å². The monoisotopic (exact) mass is 407 g/mol. The van der Waals surface area contributed by atoms with E-state index >= 15 is 0 Å². The third kappa shape index (κ3) is 6.04. The zero-order valence-corrected chi connectivity index (χ0v) is 14.9. The van der Waals surface area contributed by atoms with Gasteiger partial charge in [-0.15, -0.1) is 0 Å². The van der Waals surface area contributed by atoms with Crippen LogP contribution in [0.3, 0.4) is 0 Å². The number of ether oxygens (including phenoxy) is 2. The average molecular weight is 408 g/mol. The highest BCUT2D eigenvalue weighted by Crippen LogP contribution is 2.17. The molecule has 130 valence electrons. The summed E-state index contributed by atoms with van der Waals surface area (Å²) in [4.78, 5) is 23.4. The molecular weight excluding hydrogens is 393 g/mol. The van der Waals surface area contributed by atoms with Crippen LogP contribution in [0.25, 0.3) is 6.08 Å². The summed E-state index contributed by atoms with van der Waals surface area (Å²) in [7, 11) is 1.52. The van der Waals surface area contributed by atoms with Gasteiger partial charge < -0.3 is 14.8 Å². The number of methoxy groups -OCH3 is 1. The van der Waals surface area contributed by atoms with Gasteiger partial charge in [0.05, 0.1) is 7.11 Å². The molecule has 0 bridgehead atoms. The Morgan fingerprint density at radius 3 is 2.80 bits per heavy atom. The molecule has 0 heterocycles. The Morgan fingerprint density at radius 1 is 1.24 bits per heavy atom. The molecule has 0 aliphatic heterocycles. The first-order valence-corrected chi connectivity index (χ1v) is 8.01. The Balaban J connectivity index is 1.85. The summed E-state index contributed by atoms with van der Waals surface area (Å²) in [6, 6.07) is 11.1. The molecule has 7 heteroatoms. The van der Waals surface area contributed by atoms with Crippen LogP contribution in [0.4, 0.5) is 10.1 Å². The van der Waals surface area contributed by atoms with Crippen molar-refractivity contribution in [3.63, 3.8) is 0 Å². The largest absolute Gasteiger partial charge is 0.497 e. The average Bonchev–Trinajstić information content (AvgIpc) is 2.61. The third-order valence-electron chi connectivity index (χ3n) is 3.06. The van der Waals surface area contributed by atoms with Gasteiger partial charge in [0, 0.05) is 27.9 Å². The molecule has 0 spiro atoms. The Labute approximate surface area is 152 Å². The van der Waals surface area contributed by atoms with Crippen LogP contribution in [0, 0.1) is 5.82 Å². The SMILES string of the molecule is COc1cccc(NC(=O)COC(=O)/C=C/c2cc(Br)ccc2F)c1. The van der Waals surface area contributed by atoms with Crippen molar-refractivity contribution in [3.05, 3.63) is 64.4 Å². The van der Waals surface area contributed by atoms with E-state index < -0.39 is 24.3 Å². The van der Waals surface area contributed by atoms with Crippen molar-refractivity contribution in [2.45, 2.75) is 0 Å². The number of rotatable bonds is 6. The van der Waals surface area contributed by atoms with Crippen LogP contribution < -0.4 is 10.1 Å². The predicted octanol–water partition coefficient (Wildman–Crippen LogP) is 3.79. The normalized spacial score (nSPS) is 10.5. The Kier molecular flexibility index (Phi) is 6.71.